The maximum absolute atomic E-state index is 5.71. The molecule has 0 aromatic carbocycles. The molecule has 4 nitrogen and oxygen atoms in total. The van der Waals surface area contributed by atoms with Crippen LogP contribution in [0.4, 0.5) is 0 Å². The van der Waals surface area contributed by atoms with Gasteiger partial charge in [-0.15, -0.1) is 0 Å². The highest BCUT2D eigenvalue weighted by Gasteiger charge is 2.11. The lowest BCUT2D eigenvalue weighted by Crippen LogP contribution is -2.25. The molecule has 0 unspecified atom stereocenters. The third kappa shape index (κ3) is 2.93. The van der Waals surface area contributed by atoms with E-state index in [-0.39, 0.29) is 0 Å². The fourth-order valence-corrected chi connectivity index (χ4v) is 2.00. The normalized spacial score (nSPS) is 16.6. The average Bonchev–Trinajstić information content (AvgIpc) is 2.83. The van der Waals surface area contributed by atoms with Gasteiger partial charge >= 0.3 is 0 Å². The predicted octanol–water partition coefficient (Wildman–Crippen LogP) is 1.01. The molecule has 88 valence electrons. The highest BCUT2D eigenvalue weighted by atomic mass is 16.5. The quantitative estimate of drug-likeness (QED) is 0.806. The summed E-state index contributed by atoms with van der Waals surface area (Å²) in [5.74, 6) is 0.823. The van der Waals surface area contributed by atoms with Gasteiger partial charge in [0.1, 0.15) is 12.4 Å². The van der Waals surface area contributed by atoms with E-state index in [2.05, 4.69) is 9.88 Å². The molecule has 1 aromatic rings. The summed E-state index contributed by atoms with van der Waals surface area (Å²) in [5.41, 5.74) is 6.65. The first-order valence-corrected chi connectivity index (χ1v) is 5.88. The Balaban J connectivity index is 1.79. The van der Waals surface area contributed by atoms with Crippen molar-refractivity contribution in [1.29, 1.82) is 0 Å². The van der Waals surface area contributed by atoms with Crippen LogP contribution in [0.15, 0.2) is 18.5 Å². The van der Waals surface area contributed by atoms with Crippen LogP contribution < -0.4 is 10.5 Å². The molecule has 1 aliphatic heterocycles. The Morgan fingerprint density at radius 1 is 1.38 bits per heavy atom. The Morgan fingerprint density at radius 3 is 2.94 bits per heavy atom. The molecule has 1 saturated heterocycles. The first kappa shape index (κ1) is 11.4. The molecule has 0 aliphatic carbocycles. The van der Waals surface area contributed by atoms with Crippen LogP contribution in [0.3, 0.4) is 0 Å². The fraction of sp³-hybridized carbons (Fsp3) is 0.583. The smallest absolute Gasteiger partial charge is 0.142 e. The van der Waals surface area contributed by atoms with Crippen molar-refractivity contribution in [1.82, 2.24) is 9.88 Å². The number of hydrogen-bond donors (Lipinski definition) is 1. The van der Waals surface area contributed by atoms with Gasteiger partial charge in [0, 0.05) is 24.8 Å². The lowest BCUT2D eigenvalue weighted by atomic mass is 10.2. The van der Waals surface area contributed by atoms with Crippen LogP contribution in [-0.2, 0) is 6.54 Å². The summed E-state index contributed by atoms with van der Waals surface area (Å²) in [4.78, 5) is 6.48. The molecular weight excluding hydrogens is 202 g/mol. The third-order valence-electron chi connectivity index (χ3n) is 2.95. The molecule has 16 heavy (non-hydrogen) atoms. The number of likely N-dealkylation sites (tertiary alicyclic amines) is 1. The highest BCUT2D eigenvalue weighted by molar-refractivity contribution is 5.29. The summed E-state index contributed by atoms with van der Waals surface area (Å²) in [6, 6.07) is 1.91. The molecular formula is C12H19N3O. The monoisotopic (exact) mass is 221 g/mol. The topological polar surface area (TPSA) is 51.4 Å². The van der Waals surface area contributed by atoms with Crippen molar-refractivity contribution < 1.29 is 4.74 Å². The molecule has 1 aliphatic rings. The van der Waals surface area contributed by atoms with Crippen LogP contribution in [0.1, 0.15) is 18.4 Å². The Bertz CT molecular complexity index is 324. The number of aromatic nitrogens is 1. The second-order valence-corrected chi connectivity index (χ2v) is 4.08. The van der Waals surface area contributed by atoms with Crippen molar-refractivity contribution in [2.75, 3.05) is 26.2 Å². The largest absolute Gasteiger partial charge is 0.490 e. The second-order valence-electron chi connectivity index (χ2n) is 4.08. The summed E-state index contributed by atoms with van der Waals surface area (Å²) in [5, 5.41) is 0. The highest BCUT2D eigenvalue weighted by Crippen LogP contribution is 2.15. The summed E-state index contributed by atoms with van der Waals surface area (Å²) in [7, 11) is 0. The van der Waals surface area contributed by atoms with Gasteiger partial charge in [-0.05, 0) is 32.0 Å². The second kappa shape index (κ2) is 5.82. The molecule has 2 N–H and O–H groups in total. The van der Waals surface area contributed by atoms with E-state index in [0.29, 0.717) is 6.54 Å². The minimum atomic E-state index is 0.502. The van der Waals surface area contributed by atoms with Crippen molar-refractivity contribution in [3.05, 3.63) is 24.0 Å². The zero-order valence-corrected chi connectivity index (χ0v) is 9.56. The predicted molar refractivity (Wildman–Crippen MR) is 63.3 cm³/mol. The Hall–Kier alpha value is -1.13. The van der Waals surface area contributed by atoms with E-state index in [1.165, 1.54) is 25.9 Å². The van der Waals surface area contributed by atoms with Crippen LogP contribution in [0, 0.1) is 0 Å². The van der Waals surface area contributed by atoms with Crippen molar-refractivity contribution in [3.63, 3.8) is 0 Å². The van der Waals surface area contributed by atoms with Gasteiger partial charge in [0.25, 0.3) is 0 Å². The number of hydrogen-bond acceptors (Lipinski definition) is 4. The van der Waals surface area contributed by atoms with E-state index >= 15 is 0 Å². The summed E-state index contributed by atoms with van der Waals surface area (Å²) >= 11 is 0. The lowest BCUT2D eigenvalue weighted by molar-refractivity contribution is 0.236. The number of rotatable bonds is 5. The summed E-state index contributed by atoms with van der Waals surface area (Å²) in [6.45, 7) is 4.64. The molecule has 0 amide bonds. The lowest BCUT2D eigenvalue weighted by Gasteiger charge is -2.15. The number of nitrogens with two attached hydrogens (primary N) is 1. The Labute approximate surface area is 96.4 Å². The first-order valence-electron chi connectivity index (χ1n) is 5.88. The first-order chi connectivity index (χ1) is 7.90. The Morgan fingerprint density at radius 2 is 2.19 bits per heavy atom. The number of ether oxygens (including phenoxy) is 1. The third-order valence-corrected chi connectivity index (χ3v) is 2.95. The number of pyridine rings is 1. The molecule has 4 heteroatoms. The summed E-state index contributed by atoms with van der Waals surface area (Å²) in [6.07, 6.45) is 6.13. The summed E-state index contributed by atoms with van der Waals surface area (Å²) < 4.78 is 5.71. The molecule has 0 spiro atoms. The van der Waals surface area contributed by atoms with Crippen molar-refractivity contribution in [2.45, 2.75) is 19.4 Å². The van der Waals surface area contributed by atoms with E-state index in [0.717, 1.165) is 24.5 Å². The van der Waals surface area contributed by atoms with Crippen molar-refractivity contribution >= 4 is 0 Å². The van der Waals surface area contributed by atoms with E-state index in [9.17, 15) is 0 Å². The molecule has 0 saturated carbocycles. The van der Waals surface area contributed by atoms with E-state index in [1.54, 1.807) is 12.4 Å². The van der Waals surface area contributed by atoms with Crippen LogP contribution in [0.2, 0.25) is 0 Å². The molecule has 0 atom stereocenters. The van der Waals surface area contributed by atoms with Crippen LogP contribution in [0.25, 0.3) is 0 Å². The van der Waals surface area contributed by atoms with Gasteiger partial charge < -0.3 is 10.5 Å². The standard InChI is InChI=1S/C12H19N3O/c13-9-11-3-4-14-10-12(11)16-8-7-15-5-1-2-6-15/h3-4,10H,1-2,5-9,13H2. The zero-order valence-electron chi connectivity index (χ0n) is 9.56. The molecule has 2 heterocycles. The van der Waals surface area contributed by atoms with Gasteiger partial charge in [0.05, 0.1) is 6.20 Å². The molecule has 0 bridgehead atoms. The van der Waals surface area contributed by atoms with Gasteiger partial charge in [0.2, 0.25) is 0 Å². The van der Waals surface area contributed by atoms with E-state index in [1.807, 2.05) is 6.07 Å². The van der Waals surface area contributed by atoms with Gasteiger partial charge in [-0.3, -0.25) is 9.88 Å². The van der Waals surface area contributed by atoms with Gasteiger partial charge in [-0.1, -0.05) is 0 Å². The van der Waals surface area contributed by atoms with E-state index in [4.69, 9.17) is 10.5 Å². The average molecular weight is 221 g/mol. The number of nitrogens with zero attached hydrogens (tertiary/aromatic N) is 2. The van der Waals surface area contributed by atoms with Crippen molar-refractivity contribution in [3.8, 4) is 5.75 Å². The van der Waals surface area contributed by atoms with Gasteiger partial charge in [-0.25, -0.2) is 0 Å². The maximum atomic E-state index is 5.71. The minimum absolute atomic E-state index is 0.502. The molecule has 1 fully saturated rings. The molecule has 0 radical (unpaired) electrons. The Kier molecular flexibility index (Phi) is 4.13. The fourth-order valence-electron chi connectivity index (χ4n) is 2.00. The van der Waals surface area contributed by atoms with Crippen LogP contribution >= 0.6 is 0 Å². The van der Waals surface area contributed by atoms with Crippen LogP contribution in [0.5, 0.6) is 5.75 Å². The molecule has 2 rings (SSSR count). The van der Waals surface area contributed by atoms with E-state index < -0.39 is 0 Å². The van der Waals surface area contributed by atoms with Gasteiger partial charge in [0.15, 0.2) is 0 Å². The SMILES string of the molecule is NCc1ccncc1OCCN1CCCC1. The van der Waals surface area contributed by atoms with Crippen molar-refractivity contribution in [2.24, 2.45) is 5.73 Å². The molecule has 1 aromatic heterocycles. The zero-order chi connectivity index (χ0) is 11.2. The van der Waals surface area contributed by atoms with Gasteiger partial charge in [-0.2, -0.15) is 0 Å². The minimum Gasteiger partial charge on any atom is -0.490 e. The maximum Gasteiger partial charge on any atom is 0.142 e. The van der Waals surface area contributed by atoms with Crippen LogP contribution in [-0.4, -0.2) is 36.1 Å².